The molecule has 4 rings (SSSR count). The summed E-state index contributed by atoms with van der Waals surface area (Å²) in [6.07, 6.45) is -0.501. The van der Waals surface area contributed by atoms with Crippen molar-refractivity contribution in [3.05, 3.63) is 76.3 Å². The maximum atomic E-state index is 12.9. The van der Waals surface area contributed by atoms with E-state index >= 15 is 0 Å². The smallest absolute Gasteiger partial charge is 0.255 e. The summed E-state index contributed by atoms with van der Waals surface area (Å²) in [5.41, 5.74) is 2.65. The van der Waals surface area contributed by atoms with Crippen LogP contribution in [0.1, 0.15) is 30.0 Å². The van der Waals surface area contributed by atoms with E-state index in [4.69, 9.17) is 11.6 Å². The molecule has 172 valence electrons. The van der Waals surface area contributed by atoms with Gasteiger partial charge >= 0.3 is 0 Å². The Morgan fingerprint density at radius 2 is 1.97 bits per heavy atom. The molecule has 7 nitrogen and oxygen atoms in total. The van der Waals surface area contributed by atoms with E-state index in [1.54, 1.807) is 24.4 Å². The molecule has 0 saturated carbocycles. The minimum atomic E-state index is -1.87. The molecule has 1 unspecified atom stereocenters. The predicted octanol–water partition coefficient (Wildman–Crippen LogP) is 3.17. The topological polar surface area (TPSA) is 103 Å². The maximum absolute atomic E-state index is 12.9. The standard InChI is InChI=1S/C24H24ClN3O4S/c25-18-4-1-3-17(13-18)19-5-2-11-28(19)24(32)21(30)20(29)22(31)27-14-15-6-8-16(9-7-15)23-26-10-12-33-23/h1,3-4,6-10,12-13,19-21,29-30H,2,5,11,14H2,(H,27,31)/t19?,20-,21-/m1/s1. The lowest BCUT2D eigenvalue weighted by molar-refractivity contribution is -0.153. The van der Waals surface area contributed by atoms with Gasteiger partial charge in [0.2, 0.25) is 0 Å². The Hall–Kier alpha value is -2.78. The molecular weight excluding hydrogens is 462 g/mol. The third-order valence-electron chi connectivity index (χ3n) is 5.69. The summed E-state index contributed by atoms with van der Waals surface area (Å²) >= 11 is 7.61. The number of benzene rings is 2. The number of hydrogen-bond donors (Lipinski definition) is 3. The van der Waals surface area contributed by atoms with Gasteiger partial charge in [-0.25, -0.2) is 4.98 Å². The first-order valence-corrected chi connectivity index (χ1v) is 11.9. The zero-order valence-electron chi connectivity index (χ0n) is 17.7. The molecule has 3 atom stereocenters. The Balaban J connectivity index is 1.34. The highest BCUT2D eigenvalue weighted by Gasteiger charge is 2.38. The molecule has 0 aliphatic carbocycles. The van der Waals surface area contributed by atoms with Gasteiger partial charge in [-0.3, -0.25) is 9.59 Å². The summed E-state index contributed by atoms with van der Waals surface area (Å²) < 4.78 is 0. The van der Waals surface area contributed by atoms with Crippen LogP contribution in [0.4, 0.5) is 0 Å². The molecule has 0 radical (unpaired) electrons. The van der Waals surface area contributed by atoms with E-state index in [9.17, 15) is 19.8 Å². The van der Waals surface area contributed by atoms with Crippen molar-refractivity contribution in [1.82, 2.24) is 15.2 Å². The molecule has 2 aromatic carbocycles. The van der Waals surface area contributed by atoms with Gasteiger partial charge in [-0.1, -0.05) is 48.0 Å². The van der Waals surface area contributed by atoms with Crippen LogP contribution < -0.4 is 5.32 Å². The number of carbonyl (C=O) groups is 2. The summed E-state index contributed by atoms with van der Waals surface area (Å²) in [5, 5.41) is 26.7. The normalized spacial score (nSPS) is 17.5. The molecule has 1 fully saturated rings. The van der Waals surface area contributed by atoms with Crippen LogP contribution in [0.3, 0.4) is 0 Å². The fraction of sp³-hybridized carbons (Fsp3) is 0.292. The van der Waals surface area contributed by atoms with Crippen LogP contribution in [0.25, 0.3) is 10.6 Å². The first-order chi connectivity index (χ1) is 15.9. The fourth-order valence-electron chi connectivity index (χ4n) is 3.96. The van der Waals surface area contributed by atoms with Gasteiger partial charge in [0.1, 0.15) is 5.01 Å². The van der Waals surface area contributed by atoms with E-state index in [1.807, 2.05) is 35.7 Å². The number of amides is 2. The molecule has 1 aromatic heterocycles. The van der Waals surface area contributed by atoms with Gasteiger partial charge in [-0.2, -0.15) is 0 Å². The first kappa shape index (κ1) is 23.4. The van der Waals surface area contributed by atoms with Crippen LogP contribution >= 0.6 is 22.9 Å². The maximum Gasteiger partial charge on any atom is 0.255 e. The third-order valence-corrected chi connectivity index (χ3v) is 6.75. The number of aliphatic hydroxyl groups excluding tert-OH is 2. The van der Waals surface area contributed by atoms with Gasteiger partial charge in [0.15, 0.2) is 12.2 Å². The molecule has 33 heavy (non-hydrogen) atoms. The van der Waals surface area contributed by atoms with Crippen LogP contribution in [-0.2, 0) is 16.1 Å². The Morgan fingerprint density at radius 3 is 2.67 bits per heavy atom. The summed E-state index contributed by atoms with van der Waals surface area (Å²) in [7, 11) is 0. The van der Waals surface area contributed by atoms with Crippen molar-refractivity contribution in [2.75, 3.05) is 6.54 Å². The number of halogens is 1. The summed E-state index contributed by atoms with van der Waals surface area (Å²) in [5.74, 6) is -1.48. The number of likely N-dealkylation sites (tertiary alicyclic amines) is 1. The minimum absolute atomic E-state index is 0.157. The van der Waals surface area contributed by atoms with Crippen molar-refractivity contribution in [3.63, 3.8) is 0 Å². The van der Waals surface area contributed by atoms with E-state index in [0.29, 0.717) is 11.6 Å². The van der Waals surface area contributed by atoms with Crippen molar-refractivity contribution >= 4 is 34.8 Å². The number of hydrogen-bond acceptors (Lipinski definition) is 6. The van der Waals surface area contributed by atoms with Gasteiger partial charge in [-0.05, 0) is 36.1 Å². The molecule has 9 heteroatoms. The third kappa shape index (κ3) is 5.42. The highest BCUT2D eigenvalue weighted by molar-refractivity contribution is 7.13. The number of carbonyl (C=O) groups excluding carboxylic acids is 2. The van der Waals surface area contributed by atoms with Crippen LogP contribution in [0.2, 0.25) is 5.02 Å². The molecular formula is C24H24ClN3O4S. The van der Waals surface area contributed by atoms with Crippen LogP contribution in [0, 0.1) is 0 Å². The molecule has 0 spiro atoms. The zero-order valence-corrected chi connectivity index (χ0v) is 19.3. The number of nitrogens with zero attached hydrogens (tertiary/aromatic N) is 2. The SMILES string of the molecule is O=C(NCc1ccc(-c2nccs2)cc1)[C@H](O)[C@@H](O)C(=O)N1CCCC1c1cccc(Cl)c1. The van der Waals surface area contributed by atoms with E-state index in [1.165, 1.54) is 16.2 Å². The van der Waals surface area contributed by atoms with Crippen LogP contribution in [0.5, 0.6) is 0 Å². The van der Waals surface area contributed by atoms with E-state index < -0.39 is 24.0 Å². The van der Waals surface area contributed by atoms with E-state index in [2.05, 4.69) is 10.3 Å². The van der Waals surface area contributed by atoms with Crippen molar-refractivity contribution in [2.45, 2.75) is 37.6 Å². The van der Waals surface area contributed by atoms with Gasteiger partial charge in [0.05, 0.1) is 6.04 Å². The quantitative estimate of drug-likeness (QED) is 0.477. The minimum Gasteiger partial charge on any atom is -0.380 e. The van der Waals surface area contributed by atoms with Gasteiger partial charge in [0.25, 0.3) is 11.8 Å². The summed E-state index contributed by atoms with van der Waals surface area (Å²) in [6, 6.07) is 14.5. The lowest BCUT2D eigenvalue weighted by Gasteiger charge is -2.28. The number of rotatable bonds is 7. The lowest BCUT2D eigenvalue weighted by atomic mass is 10.0. The van der Waals surface area contributed by atoms with Gasteiger partial charge in [-0.15, -0.1) is 11.3 Å². The van der Waals surface area contributed by atoms with E-state index in [-0.39, 0.29) is 12.6 Å². The highest BCUT2D eigenvalue weighted by Crippen LogP contribution is 2.33. The molecule has 3 N–H and O–H groups in total. The fourth-order valence-corrected chi connectivity index (χ4v) is 4.81. The Labute approximate surface area is 200 Å². The molecule has 2 heterocycles. The second kappa shape index (κ2) is 10.4. The van der Waals surface area contributed by atoms with Crippen molar-refractivity contribution in [1.29, 1.82) is 0 Å². The Bertz CT molecular complexity index is 1110. The van der Waals surface area contributed by atoms with Crippen molar-refractivity contribution < 1.29 is 19.8 Å². The second-order valence-electron chi connectivity index (χ2n) is 7.89. The van der Waals surface area contributed by atoms with Crippen molar-refractivity contribution in [2.24, 2.45) is 0 Å². The average molecular weight is 486 g/mol. The van der Waals surface area contributed by atoms with E-state index in [0.717, 1.165) is 34.5 Å². The van der Waals surface area contributed by atoms with Crippen molar-refractivity contribution in [3.8, 4) is 10.6 Å². The summed E-state index contributed by atoms with van der Waals surface area (Å²) in [6.45, 7) is 0.594. The number of aromatic nitrogens is 1. The molecule has 1 aliphatic rings. The van der Waals surface area contributed by atoms with Gasteiger partial charge < -0.3 is 20.4 Å². The Morgan fingerprint density at radius 1 is 1.18 bits per heavy atom. The average Bonchev–Trinajstić information content (AvgIpc) is 3.54. The first-order valence-electron chi connectivity index (χ1n) is 10.6. The monoisotopic (exact) mass is 485 g/mol. The van der Waals surface area contributed by atoms with Crippen LogP contribution in [-0.4, -0.2) is 50.7 Å². The molecule has 0 bridgehead atoms. The zero-order chi connectivity index (χ0) is 23.4. The molecule has 3 aromatic rings. The van der Waals surface area contributed by atoms with Crippen LogP contribution in [0.15, 0.2) is 60.1 Å². The summed E-state index contributed by atoms with van der Waals surface area (Å²) in [4.78, 5) is 31.1. The number of aliphatic hydroxyl groups is 2. The molecule has 1 saturated heterocycles. The highest BCUT2D eigenvalue weighted by atomic mass is 35.5. The largest absolute Gasteiger partial charge is 0.380 e. The molecule has 1 aliphatic heterocycles. The number of thiazole rings is 1. The molecule has 2 amide bonds. The lowest BCUT2D eigenvalue weighted by Crippen LogP contribution is -2.50. The van der Waals surface area contributed by atoms with Gasteiger partial charge in [0, 0.05) is 35.3 Å². The Kier molecular flexibility index (Phi) is 7.39. The number of nitrogens with one attached hydrogen (secondary N) is 1. The predicted molar refractivity (Wildman–Crippen MR) is 127 cm³/mol. The second-order valence-corrected chi connectivity index (χ2v) is 9.22.